The molecule has 43 valence electrons. The van der Waals surface area contributed by atoms with E-state index in [0.29, 0.717) is 11.3 Å². The molecule has 0 aliphatic heterocycles. The van der Waals surface area contributed by atoms with E-state index in [9.17, 15) is 0 Å². The van der Waals surface area contributed by atoms with Gasteiger partial charge in [0.2, 0.25) is 0 Å². The summed E-state index contributed by atoms with van der Waals surface area (Å²) in [5, 5.41) is 8.32. The molecule has 0 aliphatic carbocycles. The largest absolute Gasteiger partial charge is 0.398 e. The number of nitrogen functional groups attached to an aromatic ring is 1. The summed E-state index contributed by atoms with van der Waals surface area (Å²) < 4.78 is 0. The predicted octanol–water partition coefficient (Wildman–Crippen LogP) is 0.941. The first-order valence-electron chi connectivity index (χ1n) is 2.50. The van der Waals surface area contributed by atoms with Gasteiger partial charge in [0.15, 0.2) is 0 Å². The average molecular weight is 117 g/mol. The predicted molar refractivity (Wildman–Crippen MR) is 34.4 cm³/mol. The number of anilines is 1. The number of nitrogens with two attached hydrogens (primary N) is 1. The van der Waals surface area contributed by atoms with E-state index in [1.807, 2.05) is 6.07 Å². The molecule has 0 heterocycles. The zero-order chi connectivity index (χ0) is 6.69. The molecule has 2 nitrogen and oxygen atoms in total. The Balaban J connectivity index is 3.06. The smallest absolute Gasteiger partial charge is 0.0991 e. The molecule has 0 aromatic heterocycles. The lowest BCUT2D eigenvalue weighted by molar-refractivity contribution is 1.48. The molecule has 0 saturated heterocycles. The van der Waals surface area contributed by atoms with Crippen LogP contribution in [-0.2, 0) is 0 Å². The first-order chi connectivity index (χ1) is 4.33. The van der Waals surface area contributed by atoms with Crippen LogP contribution in [0.2, 0.25) is 0 Å². The van der Waals surface area contributed by atoms with Gasteiger partial charge in [0.1, 0.15) is 0 Å². The third kappa shape index (κ3) is 1.20. The number of nitrogens with zero attached hydrogens (tertiary/aromatic N) is 1. The Bertz CT molecular complexity index is 230. The van der Waals surface area contributed by atoms with Gasteiger partial charge in [-0.1, -0.05) is 0 Å². The highest BCUT2D eigenvalue weighted by Gasteiger charge is 1.86. The van der Waals surface area contributed by atoms with Gasteiger partial charge in [0.25, 0.3) is 0 Å². The molecule has 0 unspecified atom stereocenters. The molecular weight excluding hydrogens is 112 g/mol. The summed E-state index contributed by atoms with van der Waals surface area (Å²) in [5.74, 6) is 0. The summed E-state index contributed by atoms with van der Waals surface area (Å²) in [6, 6.07) is 9.55. The van der Waals surface area contributed by atoms with Crippen LogP contribution >= 0.6 is 0 Å². The second kappa shape index (κ2) is 2.19. The summed E-state index contributed by atoms with van der Waals surface area (Å²) >= 11 is 0. The van der Waals surface area contributed by atoms with E-state index in [4.69, 9.17) is 11.0 Å². The van der Waals surface area contributed by atoms with Gasteiger partial charge < -0.3 is 5.73 Å². The van der Waals surface area contributed by atoms with Crippen LogP contribution in [0.15, 0.2) is 18.2 Å². The van der Waals surface area contributed by atoms with E-state index in [0.717, 1.165) is 0 Å². The van der Waals surface area contributed by atoms with Crippen LogP contribution in [0.3, 0.4) is 0 Å². The fraction of sp³-hybridized carbons (Fsp3) is 0. The highest BCUT2D eigenvalue weighted by Crippen LogP contribution is 2.01. The van der Waals surface area contributed by atoms with Crippen molar-refractivity contribution < 1.29 is 0 Å². The topological polar surface area (TPSA) is 49.8 Å². The number of hydrogen-bond donors (Lipinski definition) is 1. The number of rotatable bonds is 0. The van der Waals surface area contributed by atoms with Crippen molar-refractivity contribution in [3.63, 3.8) is 0 Å². The van der Waals surface area contributed by atoms with Crippen LogP contribution in [0.4, 0.5) is 5.69 Å². The first-order valence-corrected chi connectivity index (χ1v) is 2.50. The molecule has 0 aliphatic rings. The van der Waals surface area contributed by atoms with Crippen LogP contribution in [0.5, 0.6) is 0 Å². The van der Waals surface area contributed by atoms with Gasteiger partial charge in [-0.3, -0.25) is 0 Å². The van der Waals surface area contributed by atoms with Gasteiger partial charge in [-0.2, -0.15) is 5.26 Å². The molecule has 0 saturated carbocycles. The van der Waals surface area contributed by atoms with Crippen molar-refractivity contribution in [1.29, 1.82) is 5.26 Å². The lowest BCUT2D eigenvalue weighted by Gasteiger charge is -1.87. The molecule has 0 amide bonds. The highest BCUT2D eigenvalue weighted by atomic mass is 14.5. The monoisotopic (exact) mass is 117 g/mol. The van der Waals surface area contributed by atoms with Crippen molar-refractivity contribution in [2.75, 3.05) is 5.73 Å². The van der Waals surface area contributed by atoms with Crippen molar-refractivity contribution in [1.82, 2.24) is 0 Å². The number of hydrogen-bond acceptors (Lipinski definition) is 2. The van der Waals surface area contributed by atoms with Gasteiger partial charge >= 0.3 is 0 Å². The second-order valence-corrected chi connectivity index (χ2v) is 1.64. The Labute approximate surface area is 53.5 Å². The lowest BCUT2D eigenvalue weighted by atomic mass is 10.2. The van der Waals surface area contributed by atoms with Gasteiger partial charge in [-0.15, -0.1) is 0 Å². The van der Waals surface area contributed by atoms with E-state index >= 15 is 0 Å². The van der Waals surface area contributed by atoms with Gasteiger partial charge in [0.05, 0.1) is 11.6 Å². The average Bonchev–Trinajstić information content (AvgIpc) is 1.90. The Morgan fingerprint density at radius 3 is 2.78 bits per heavy atom. The Hall–Kier alpha value is -1.49. The molecule has 0 bridgehead atoms. The van der Waals surface area contributed by atoms with Crippen molar-refractivity contribution >= 4 is 5.69 Å². The molecule has 0 fully saturated rings. The maximum absolute atomic E-state index is 8.32. The summed E-state index contributed by atoms with van der Waals surface area (Å²) in [7, 11) is 0. The Morgan fingerprint density at radius 2 is 2.33 bits per heavy atom. The van der Waals surface area contributed by atoms with E-state index < -0.39 is 0 Å². The third-order valence-corrected chi connectivity index (χ3v) is 0.966. The molecule has 2 heteroatoms. The molecule has 9 heavy (non-hydrogen) atoms. The van der Waals surface area contributed by atoms with Crippen LogP contribution in [-0.4, -0.2) is 0 Å². The third-order valence-electron chi connectivity index (χ3n) is 0.966. The molecular formula is C7H5N2. The van der Waals surface area contributed by atoms with E-state index in [2.05, 4.69) is 6.07 Å². The minimum Gasteiger partial charge on any atom is -0.398 e. The van der Waals surface area contributed by atoms with E-state index in [-0.39, 0.29) is 0 Å². The molecule has 1 rings (SSSR count). The molecule has 1 aromatic carbocycles. The molecule has 1 radical (unpaired) electrons. The van der Waals surface area contributed by atoms with Crippen molar-refractivity contribution in [2.45, 2.75) is 0 Å². The highest BCUT2D eigenvalue weighted by molar-refractivity contribution is 5.41. The fourth-order valence-electron chi connectivity index (χ4n) is 0.506. The van der Waals surface area contributed by atoms with Crippen molar-refractivity contribution in [2.24, 2.45) is 0 Å². The van der Waals surface area contributed by atoms with Gasteiger partial charge in [0, 0.05) is 11.8 Å². The number of benzene rings is 1. The summed E-state index contributed by atoms with van der Waals surface area (Å²) in [5.41, 5.74) is 6.47. The van der Waals surface area contributed by atoms with E-state index in [1.165, 1.54) is 0 Å². The SMILES string of the molecule is N#Cc1c[c]c(N)cc1. The van der Waals surface area contributed by atoms with E-state index in [1.54, 1.807) is 18.2 Å². The van der Waals surface area contributed by atoms with Crippen LogP contribution in [0.25, 0.3) is 0 Å². The summed E-state index contributed by atoms with van der Waals surface area (Å²) in [6.45, 7) is 0. The molecule has 2 N–H and O–H groups in total. The van der Waals surface area contributed by atoms with Crippen molar-refractivity contribution in [3.05, 3.63) is 29.8 Å². The zero-order valence-corrected chi connectivity index (χ0v) is 4.76. The maximum Gasteiger partial charge on any atom is 0.0991 e. The Kier molecular flexibility index (Phi) is 1.37. The zero-order valence-electron chi connectivity index (χ0n) is 4.76. The van der Waals surface area contributed by atoms with Gasteiger partial charge in [-0.05, 0) is 18.2 Å². The number of nitriles is 1. The molecule has 1 aromatic rings. The minimum absolute atomic E-state index is 0.564. The molecule has 0 spiro atoms. The summed E-state index contributed by atoms with van der Waals surface area (Å²) in [6.07, 6.45) is 0. The first kappa shape index (κ1) is 5.64. The normalized spacial score (nSPS) is 8.33. The van der Waals surface area contributed by atoms with Crippen molar-refractivity contribution in [3.8, 4) is 6.07 Å². The molecule has 0 atom stereocenters. The quantitative estimate of drug-likeness (QED) is 0.514. The summed E-state index contributed by atoms with van der Waals surface area (Å²) in [4.78, 5) is 0. The minimum atomic E-state index is 0.564. The van der Waals surface area contributed by atoms with Gasteiger partial charge in [-0.25, -0.2) is 0 Å². The van der Waals surface area contributed by atoms with Crippen LogP contribution in [0.1, 0.15) is 5.56 Å². The van der Waals surface area contributed by atoms with Crippen LogP contribution < -0.4 is 5.73 Å². The standard InChI is InChI=1S/C7H5N2/c8-5-6-1-3-7(9)4-2-6/h1-3H,9H2. The van der Waals surface area contributed by atoms with Crippen LogP contribution in [0, 0.1) is 17.4 Å². The Morgan fingerprint density at radius 1 is 1.56 bits per heavy atom. The fourth-order valence-corrected chi connectivity index (χ4v) is 0.506. The lowest BCUT2D eigenvalue weighted by Crippen LogP contribution is -1.83. The maximum atomic E-state index is 8.32. The second-order valence-electron chi connectivity index (χ2n) is 1.64.